The van der Waals surface area contributed by atoms with Gasteiger partial charge in [0, 0.05) is 23.4 Å². The normalized spacial score (nSPS) is 12.2. The van der Waals surface area contributed by atoms with E-state index in [1.54, 1.807) is 0 Å². The van der Waals surface area contributed by atoms with Crippen LogP contribution in [0.3, 0.4) is 0 Å². The van der Waals surface area contributed by atoms with Crippen molar-refractivity contribution in [3.63, 3.8) is 0 Å². The van der Waals surface area contributed by atoms with Gasteiger partial charge in [-0.05, 0) is 47.7 Å². The van der Waals surface area contributed by atoms with Crippen LogP contribution in [-0.2, 0) is 6.54 Å². The lowest BCUT2D eigenvalue weighted by atomic mass is 9.92. The van der Waals surface area contributed by atoms with Crippen molar-refractivity contribution >= 4 is 52.3 Å². The quantitative estimate of drug-likeness (QED) is 0.160. The summed E-state index contributed by atoms with van der Waals surface area (Å²) in [6, 6.07) is 9.43. The number of hydrogen-bond acceptors (Lipinski definition) is 8. The highest BCUT2D eigenvalue weighted by atomic mass is 32.2. The first-order valence-corrected chi connectivity index (χ1v) is 13.7. The molecule has 7 nitrogen and oxygen atoms in total. The van der Waals surface area contributed by atoms with Gasteiger partial charge < -0.3 is 15.6 Å². The number of hydrogen-bond donors (Lipinski definition) is 3. The van der Waals surface area contributed by atoms with Crippen LogP contribution in [0.1, 0.15) is 32.8 Å². The zero-order chi connectivity index (χ0) is 24.2. The molecule has 2 heterocycles. The van der Waals surface area contributed by atoms with E-state index >= 15 is 0 Å². The first-order chi connectivity index (χ1) is 15.6. The summed E-state index contributed by atoms with van der Waals surface area (Å²) in [5, 5.41) is 17.4. The van der Waals surface area contributed by atoms with Crippen molar-refractivity contribution in [2.45, 2.75) is 38.6 Å². The van der Waals surface area contributed by atoms with Gasteiger partial charge in [-0.1, -0.05) is 38.8 Å². The second-order valence-corrected chi connectivity index (χ2v) is 11.0. The number of aryl methyl sites for hydroxylation is 1. The molecule has 0 atom stereocenters. The summed E-state index contributed by atoms with van der Waals surface area (Å²) in [5.74, 6) is -0.287. The van der Waals surface area contributed by atoms with Crippen molar-refractivity contribution in [1.29, 1.82) is 0 Å². The molecular formula is C23H29N5O2S3. The van der Waals surface area contributed by atoms with E-state index < -0.39 is 5.56 Å². The molecule has 0 amide bonds. The predicted octanol–water partition coefficient (Wildman–Crippen LogP) is 5.56. The lowest BCUT2D eigenvalue weighted by Crippen LogP contribution is -2.33. The van der Waals surface area contributed by atoms with E-state index in [2.05, 4.69) is 35.6 Å². The van der Waals surface area contributed by atoms with E-state index in [9.17, 15) is 9.90 Å². The molecule has 0 aliphatic rings. The standard InChI is InChI=1S/C23H29N5O2S3/c1-23(2,3)10-11-28-22(30)18(20(29)19(26-28)16-7-6-12-33-16)21(24)25-15-9-8-14(27-32-5)13-17(15)31-4/h6-9,12-13,27,29H,10-11H2,1-5H3,(H2,24,25). The molecule has 0 saturated carbocycles. The van der Waals surface area contributed by atoms with Crippen LogP contribution >= 0.6 is 35.0 Å². The largest absolute Gasteiger partial charge is 0.505 e. The molecule has 0 spiro atoms. The number of amidine groups is 1. The van der Waals surface area contributed by atoms with Gasteiger partial charge in [0.2, 0.25) is 0 Å². The van der Waals surface area contributed by atoms with Gasteiger partial charge in [0.25, 0.3) is 5.56 Å². The fraction of sp³-hybridized carbons (Fsp3) is 0.348. The van der Waals surface area contributed by atoms with E-state index in [0.29, 0.717) is 17.9 Å². The molecule has 33 heavy (non-hydrogen) atoms. The summed E-state index contributed by atoms with van der Waals surface area (Å²) in [6.45, 7) is 6.73. The van der Waals surface area contributed by atoms with Gasteiger partial charge in [0.1, 0.15) is 17.1 Å². The second kappa shape index (κ2) is 10.7. The fourth-order valence-corrected chi connectivity index (χ4v) is 4.74. The van der Waals surface area contributed by atoms with Crippen molar-refractivity contribution in [3.8, 4) is 16.3 Å². The number of rotatable bonds is 8. The number of nitrogens with zero attached hydrogens (tertiary/aromatic N) is 3. The van der Waals surface area contributed by atoms with Gasteiger partial charge in [-0.15, -0.1) is 23.1 Å². The second-order valence-electron chi connectivity index (χ2n) is 8.58. The molecule has 0 aliphatic carbocycles. The summed E-state index contributed by atoms with van der Waals surface area (Å²) in [5.41, 5.74) is 7.78. The maximum Gasteiger partial charge on any atom is 0.281 e. The highest BCUT2D eigenvalue weighted by molar-refractivity contribution is 8.00. The van der Waals surface area contributed by atoms with Gasteiger partial charge in [0.15, 0.2) is 5.75 Å². The number of nitrogens with one attached hydrogen (secondary N) is 1. The molecule has 0 unspecified atom stereocenters. The lowest BCUT2D eigenvalue weighted by Gasteiger charge is -2.19. The minimum Gasteiger partial charge on any atom is -0.505 e. The van der Waals surface area contributed by atoms with Gasteiger partial charge in [0.05, 0.1) is 10.6 Å². The highest BCUT2D eigenvalue weighted by Gasteiger charge is 2.23. The molecular weight excluding hydrogens is 474 g/mol. The maximum atomic E-state index is 13.3. The topological polar surface area (TPSA) is 106 Å². The van der Waals surface area contributed by atoms with Crippen LogP contribution in [-0.4, -0.2) is 33.2 Å². The smallest absolute Gasteiger partial charge is 0.281 e. The third-order valence-corrected chi connectivity index (χ3v) is 6.94. The average molecular weight is 504 g/mol. The molecule has 3 aromatic rings. The molecule has 10 heteroatoms. The highest BCUT2D eigenvalue weighted by Crippen LogP contribution is 2.34. The van der Waals surface area contributed by atoms with Crippen molar-refractivity contribution in [3.05, 3.63) is 51.6 Å². The Hall–Kier alpha value is -2.43. The Balaban J connectivity index is 2.14. The summed E-state index contributed by atoms with van der Waals surface area (Å²) in [4.78, 5) is 19.5. The summed E-state index contributed by atoms with van der Waals surface area (Å²) in [6.07, 6.45) is 4.64. The Bertz CT molecular complexity index is 1200. The molecule has 4 N–H and O–H groups in total. The molecule has 0 saturated heterocycles. The SMILES string of the molecule is CSNc1ccc(N=C(N)c2c(O)c(-c3cccs3)nn(CCC(C)(C)C)c2=O)c(SC)c1. The summed E-state index contributed by atoms with van der Waals surface area (Å²) >= 11 is 4.46. The van der Waals surface area contributed by atoms with E-state index in [0.717, 1.165) is 21.9 Å². The number of aliphatic imine (C=N–C) groups is 1. The number of thiophene rings is 1. The van der Waals surface area contributed by atoms with Crippen LogP contribution in [0.2, 0.25) is 0 Å². The Labute approximate surface area is 206 Å². The van der Waals surface area contributed by atoms with Crippen LogP contribution in [0, 0.1) is 5.41 Å². The van der Waals surface area contributed by atoms with Crippen molar-refractivity contribution < 1.29 is 5.11 Å². The van der Waals surface area contributed by atoms with E-state index in [-0.39, 0.29) is 22.6 Å². The Morgan fingerprint density at radius 2 is 2.06 bits per heavy atom. The Kier molecular flexibility index (Phi) is 8.14. The number of benzene rings is 1. The molecule has 176 valence electrons. The van der Waals surface area contributed by atoms with Crippen molar-refractivity contribution in [2.24, 2.45) is 16.1 Å². The molecule has 0 aliphatic heterocycles. The predicted molar refractivity (Wildman–Crippen MR) is 143 cm³/mol. The molecule has 0 fully saturated rings. The summed E-state index contributed by atoms with van der Waals surface area (Å²) < 4.78 is 4.58. The number of nitrogens with two attached hydrogens (primary N) is 1. The maximum absolute atomic E-state index is 13.3. The van der Waals surface area contributed by atoms with Crippen LogP contribution in [0.15, 0.2) is 50.4 Å². The van der Waals surface area contributed by atoms with E-state index in [1.807, 2.05) is 48.2 Å². The zero-order valence-electron chi connectivity index (χ0n) is 19.4. The summed E-state index contributed by atoms with van der Waals surface area (Å²) in [7, 11) is 0. The zero-order valence-corrected chi connectivity index (χ0v) is 21.8. The average Bonchev–Trinajstić information content (AvgIpc) is 3.28. The molecule has 1 aromatic carbocycles. The monoisotopic (exact) mass is 503 g/mol. The van der Waals surface area contributed by atoms with Crippen LogP contribution in [0.5, 0.6) is 5.75 Å². The third-order valence-electron chi connectivity index (χ3n) is 4.85. The van der Waals surface area contributed by atoms with Gasteiger partial charge in [-0.25, -0.2) is 9.67 Å². The van der Waals surface area contributed by atoms with Crippen LogP contribution < -0.4 is 16.0 Å². The minimum atomic E-state index is -0.454. The molecule has 3 rings (SSSR count). The van der Waals surface area contributed by atoms with E-state index in [1.165, 1.54) is 39.7 Å². The van der Waals surface area contributed by atoms with Crippen LogP contribution in [0.25, 0.3) is 10.6 Å². The first kappa shape index (κ1) is 25.2. The Morgan fingerprint density at radius 1 is 1.30 bits per heavy atom. The van der Waals surface area contributed by atoms with Gasteiger partial charge >= 0.3 is 0 Å². The molecule has 0 bridgehead atoms. The van der Waals surface area contributed by atoms with Crippen molar-refractivity contribution in [2.75, 3.05) is 17.2 Å². The minimum absolute atomic E-state index is 0.0156. The number of thioether (sulfide) groups is 1. The van der Waals surface area contributed by atoms with E-state index in [4.69, 9.17) is 5.73 Å². The lowest BCUT2D eigenvalue weighted by molar-refractivity contribution is 0.335. The first-order valence-electron chi connectivity index (χ1n) is 10.3. The number of anilines is 1. The molecule has 2 aromatic heterocycles. The number of aromatic nitrogens is 2. The third kappa shape index (κ3) is 6.13. The van der Waals surface area contributed by atoms with Gasteiger partial charge in [-0.2, -0.15) is 5.10 Å². The molecule has 0 radical (unpaired) electrons. The van der Waals surface area contributed by atoms with Crippen molar-refractivity contribution in [1.82, 2.24) is 9.78 Å². The number of aromatic hydroxyl groups is 1. The van der Waals surface area contributed by atoms with Gasteiger partial charge in [-0.3, -0.25) is 4.79 Å². The Morgan fingerprint density at radius 3 is 2.67 bits per heavy atom. The van der Waals surface area contributed by atoms with Crippen LogP contribution in [0.4, 0.5) is 11.4 Å². The fourth-order valence-electron chi connectivity index (χ4n) is 3.10.